The molecule has 1 atom stereocenters. The van der Waals surface area contributed by atoms with Crippen LogP contribution in [0, 0.1) is 0 Å². The van der Waals surface area contributed by atoms with Gasteiger partial charge in [-0.2, -0.15) is 0 Å². The van der Waals surface area contributed by atoms with Gasteiger partial charge in [-0.3, -0.25) is 0 Å². The molecule has 24 heavy (non-hydrogen) atoms. The number of hydrogen-bond donors (Lipinski definition) is 0. The molecule has 1 saturated heterocycles. The molecule has 0 saturated carbocycles. The Hall–Kier alpha value is -2.05. The summed E-state index contributed by atoms with van der Waals surface area (Å²) >= 11 is 3.49. The number of fused-ring (bicyclic) bond motifs is 2. The second kappa shape index (κ2) is 5.79. The summed E-state index contributed by atoms with van der Waals surface area (Å²) in [4.78, 5) is 17.4. The van der Waals surface area contributed by atoms with Gasteiger partial charge in [-0.15, -0.1) is 22.7 Å². The molecule has 6 heteroatoms. The molecular weight excluding hydrogens is 336 g/mol. The number of aromatic nitrogens is 3. The summed E-state index contributed by atoms with van der Waals surface area (Å²) in [7, 11) is 0. The summed E-state index contributed by atoms with van der Waals surface area (Å²) in [6.45, 7) is 1.03. The van der Waals surface area contributed by atoms with Gasteiger partial charge in [0.15, 0.2) is 0 Å². The zero-order chi connectivity index (χ0) is 15.9. The van der Waals surface area contributed by atoms with Crippen molar-refractivity contribution in [2.45, 2.75) is 25.3 Å². The van der Waals surface area contributed by atoms with Gasteiger partial charge in [0.25, 0.3) is 0 Å². The Morgan fingerprint density at radius 1 is 1.08 bits per heavy atom. The highest BCUT2D eigenvalue weighted by Gasteiger charge is 2.29. The van der Waals surface area contributed by atoms with Gasteiger partial charge in [0.2, 0.25) is 0 Å². The SMILES string of the molecule is c1ccc2sc([C@H]3CCCCN3c3ncnc4sccc34)nc2c1. The summed E-state index contributed by atoms with van der Waals surface area (Å²) in [5, 5.41) is 4.47. The van der Waals surface area contributed by atoms with Crippen LogP contribution in [0.5, 0.6) is 0 Å². The highest BCUT2D eigenvalue weighted by molar-refractivity contribution is 7.18. The van der Waals surface area contributed by atoms with Crippen LogP contribution in [0.4, 0.5) is 5.82 Å². The predicted molar refractivity (Wildman–Crippen MR) is 101 cm³/mol. The van der Waals surface area contributed by atoms with E-state index in [0.717, 1.165) is 34.5 Å². The second-order valence-electron chi connectivity index (χ2n) is 6.06. The third-order valence-corrected chi connectivity index (χ3v) is 6.57. The fraction of sp³-hybridized carbons (Fsp3) is 0.278. The molecular formula is C18H16N4S2. The molecule has 4 nitrogen and oxygen atoms in total. The van der Waals surface area contributed by atoms with Crippen LogP contribution in [0.15, 0.2) is 42.0 Å². The minimum atomic E-state index is 0.314. The van der Waals surface area contributed by atoms with Crippen LogP contribution in [0.1, 0.15) is 30.3 Å². The Morgan fingerprint density at radius 2 is 2.04 bits per heavy atom. The summed E-state index contributed by atoms with van der Waals surface area (Å²) in [5.74, 6) is 1.06. The van der Waals surface area contributed by atoms with Crippen molar-refractivity contribution in [1.82, 2.24) is 15.0 Å². The van der Waals surface area contributed by atoms with Crippen LogP contribution in [0.3, 0.4) is 0 Å². The van der Waals surface area contributed by atoms with Crippen LogP contribution >= 0.6 is 22.7 Å². The van der Waals surface area contributed by atoms with E-state index >= 15 is 0 Å². The highest BCUT2D eigenvalue weighted by atomic mass is 32.1. The quantitative estimate of drug-likeness (QED) is 0.507. The Bertz CT molecular complexity index is 973. The molecule has 3 aromatic heterocycles. The van der Waals surface area contributed by atoms with Crippen LogP contribution in [0.2, 0.25) is 0 Å². The standard InChI is InChI=1S/C18H16N4S2/c1-2-7-15-13(5-1)21-18(24-15)14-6-3-4-9-22(14)16-12-8-10-23-17(12)20-11-19-16/h1-2,5,7-8,10-11,14H,3-4,6,9H2/t14-/m1/s1. The first-order chi connectivity index (χ1) is 11.9. The normalized spacial score (nSPS) is 18.5. The third kappa shape index (κ3) is 2.29. The largest absolute Gasteiger partial charge is 0.347 e. The first-order valence-electron chi connectivity index (χ1n) is 8.20. The van der Waals surface area contributed by atoms with E-state index in [0.29, 0.717) is 6.04 Å². The molecule has 0 amide bonds. The minimum absolute atomic E-state index is 0.314. The molecule has 0 unspecified atom stereocenters. The average molecular weight is 352 g/mol. The summed E-state index contributed by atoms with van der Waals surface area (Å²) in [6, 6.07) is 10.9. The number of anilines is 1. The molecule has 0 aliphatic carbocycles. The van der Waals surface area contributed by atoms with E-state index in [2.05, 4.69) is 50.6 Å². The van der Waals surface area contributed by atoms with Crippen molar-refractivity contribution in [1.29, 1.82) is 0 Å². The van der Waals surface area contributed by atoms with E-state index in [4.69, 9.17) is 4.98 Å². The predicted octanol–water partition coefficient (Wildman–Crippen LogP) is 5.03. The smallest absolute Gasteiger partial charge is 0.141 e. The maximum atomic E-state index is 4.92. The molecule has 1 aliphatic rings. The van der Waals surface area contributed by atoms with Crippen LogP contribution in [-0.4, -0.2) is 21.5 Å². The molecule has 4 aromatic rings. The minimum Gasteiger partial charge on any atom is -0.347 e. The average Bonchev–Trinajstić information content (AvgIpc) is 3.28. The van der Waals surface area contributed by atoms with Gasteiger partial charge in [0.1, 0.15) is 22.0 Å². The maximum absolute atomic E-state index is 4.92. The van der Waals surface area contributed by atoms with E-state index in [-0.39, 0.29) is 0 Å². The molecule has 0 radical (unpaired) electrons. The van der Waals surface area contributed by atoms with E-state index in [1.165, 1.54) is 22.5 Å². The van der Waals surface area contributed by atoms with Crippen molar-refractivity contribution in [2.75, 3.05) is 11.4 Å². The van der Waals surface area contributed by atoms with E-state index in [1.54, 1.807) is 17.7 Å². The van der Waals surface area contributed by atoms with Gasteiger partial charge < -0.3 is 4.90 Å². The lowest BCUT2D eigenvalue weighted by atomic mass is 10.0. The van der Waals surface area contributed by atoms with Crippen molar-refractivity contribution in [3.05, 3.63) is 47.0 Å². The molecule has 0 N–H and O–H groups in total. The Labute approximate surface area is 147 Å². The van der Waals surface area contributed by atoms with Gasteiger partial charge >= 0.3 is 0 Å². The number of thiazole rings is 1. The third-order valence-electron chi connectivity index (χ3n) is 4.61. The summed E-state index contributed by atoms with van der Waals surface area (Å²) in [6.07, 6.45) is 5.28. The molecule has 1 fully saturated rings. The number of nitrogens with zero attached hydrogens (tertiary/aromatic N) is 4. The van der Waals surface area contributed by atoms with Gasteiger partial charge in [0.05, 0.1) is 21.6 Å². The molecule has 1 aliphatic heterocycles. The second-order valence-corrected chi connectivity index (χ2v) is 8.02. The lowest BCUT2D eigenvalue weighted by Gasteiger charge is -2.35. The van der Waals surface area contributed by atoms with E-state index in [1.807, 2.05) is 11.3 Å². The molecule has 120 valence electrons. The Kier molecular flexibility index (Phi) is 3.45. The number of para-hydroxylation sites is 1. The van der Waals surface area contributed by atoms with E-state index < -0.39 is 0 Å². The fourth-order valence-corrected chi connectivity index (χ4v) is 5.32. The topological polar surface area (TPSA) is 41.9 Å². The van der Waals surface area contributed by atoms with Crippen molar-refractivity contribution < 1.29 is 0 Å². The maximum Gasteiger partial charge on any atom is 0.141 e. The van der Waals surface area contributed by atoms with Crippen molar-refractivity contribution >= 4 is 48.9 Å². The van der Waals surface area contributed by atoms with Gasteiger partial charge in [-0.1, -0.05) is 12.1 Å². The number of piperidine rings is 1. The first-order valence-corrected chi connectivity index (χ1v) is 9.90. The number of rotatable bonds is 2. The van der Waals surface area contributed by atoms with Gasteiger partial charge in [-0.25, -0.2) is 15.0 Å². The van der Waals surface area contributed by atoms with Crippen molar-refractivity contribution in [2.24, 2.45) is 0 Å². The lowest BCUT2D eigenvalue weighted by molar-refractivity contribution is 0.470. The van der Waals surface area contributed by atoms with Crippen LogP contribution in [0.25, 0.3) is 20.4 Å². The number of hydrogen-bond acceptors (Lipinski definition) is 6. The fourth-order valence-electron chi connectivity index (χ4n) is 3.48. The van der Waals surface area contributed by atoms with E-state index in [9.17, 15) is 0 Å². The monoisotopic (exact) mass is 352 g/mol. The summed E-state index contributed by atoms with van der Waals surface area (Å²) in [5.41, 5.74) is 1.10. The highest BCUT2D eigenvalue weighted by Crippen LogP contribution is 2.40. The van der Waals surface area contributed by atoms with Crippen LogP contribution < -0.4 is 4.90 Å². The number of benzene rings is 1. The van der Waals surface area contributed by atoms with Gasteiger partial charge in [-0.05, 0) is 42.8 Å². The van der Waals surface area contributed by atoms with Crippen molar-refractivity contribution in [3.8, 4) is 0 Å². The zero-order valence-electron chi connectivity index (χ0n) is 13.1. The molecule has 0 spiro atoms. The summed E-state index contributed by atoms with van der Waals surface area (Å²) < 4.78 is 1.27. The molecule has 5 rings (SSSR count). The first kappa shape index (κ1) is 14.3. The Balaban J connectivity index is 1.62. The van der Waals surface area contributed by atoms with Crippen LogP contribution in [-0.2, 0) is 0 Å². The number of thiophene rings is 1. The van der Waals surface area contributed by atoms with Crippen molar-refractivity contribution in [3.63, 3.8) is 0 Å². The molecule has 0 bridgehead atoms. The van der Waals surface area contributed by atoms with Gasteiger partial charge in [0, 0.05) is 6.54 Å². The molecule has 1 aromatic carbocycles. The zero-order valence-corrected chi connectivity index (χ0v) is 14.7. The molecule has 4 heterocycles. The Morgan fingerprint density at radius 3 is 3.00 bits per heavy atom. The lowest BCUT2D eigenvalue weighted by Crippen LogP contribution is -2.34.